The van der Waals surface area contributed by atoms with Crippen LogP contribution >= 0.6 is 23.2 Å². The van der Waals surface area contributed by atoms with Gasteiger partial charge in [-0.15, -0.1) is 0 Å². The Morgan fingerprint density at radius 1 is 1.21 bits per heavy atom. The fourth-order valence-electron chi connectivity index (χ4n) is 2.04. The van der Waals surface area contributed by atoms with Crippen molar-refractivity contribution in [3.63, 3.8) is 0 Å². The van der Waals surface area contributed by atoms with Crippen molar-refractivity contribution in [3.8, 4) is 0 Å². The van der Waals surface area contributed by atoms with Crippen LogP contribution in [0.4, 0.5) is 11.4 Å². The number of hydrogen-bond acceptors (Lipinski definition) is 4. The lowest BCUT2D eigenvalue weighted by atomic mass is 10.2. The molecule has 0 bridgehead atoms. The number of rotatable bonds is 7. The predicted molar refractivity (Wildman–Crippen MR) is 99.5 cm³/mol. The first-order chi connectivity index (χ1) is 11.5. The highest BCUT2D eigenvalue weighted by atomic mass is 35.5. The van der Waals surface area contributed by atoms with Crippen LogP contribution in [0, 0.1) is 0 Å². The van der Waals surface area contributed by atoms with Crippen molar-refractivity contribution in [2.24, 2.45) is 0 Å². The molecule has 0 atom stereocenters. The highest BCUT2D eigenvalue weighted by Gasteiger charge is 2.07. The molecule has 2 aromatic rings. The molecule has 0 spiro atoms. The summed E-state index contributed by atoms with van der Waals surface area (Å²) in [4.78, 5) is 18.3. The zero-order valence-electron chi connectivity index (χ0n) is 13.6. The SMILES string of the molecule is CN(C)CCCNC(=O)c1ccc(Nc2cc(Cl)ccc2Cl)cn1. The summed E-state index contributed by atoms with van der Waals surface area (Å²) in [7, 11) is 4.00. The molecule has 128 valence electrons. The van der Waals surface area contributed by atoms with Crippen LogP contribution in [0.25, 0.3) is 0 Å². The summed E-state index contributed by atoms with van der Waals surface area (Å²) in [5.41, 5.74) is 1.79. The van der Waals surface area contributed by atoms with Crippen molar-refractivity contribution in [3.05, 3.63) is 52.3 Å². The molecule has 5 nitrogen and oxygen atoms in total. The normalized spacial score (nSPS) is 10.7. The van der Waals surface area contributed by atoms with E-state index in [1.807, 2.05) is 14.1 Å². The zero-order chi connectivity index (χ0) is 17.5. The minimum atomic E-state index is -0.180. The molecule has 0 radical (unpaired) electrons. The summed E-state index contributed by atoms with van der Waals surface area (Å²) in [5, 5.41) is 7.12. The van der Waals surface area contributed by atoms with Gasteiger partial charge in [0, 0.05) is 11.6 Å². The van der Waals surface area contributed by atoms with Crippen LogP contribution in [0.5, 0.6) is 0 Å². The molecule has 2 rings (SSSR count). The molecule has 1 heterocycles. The summed E-state index contributed by atoms with van der Waals surface area (Å²) in [6.45, 7) is 1.55. The number of nitrogens with zero attached hydrogens (tertiary/aromatic N) is 2. The third kappa shape index (κ3) is 5.67. The zero-order valence-corrected chi connectivity index (χ0v) is 15.2. The number of hydrogen-bond donors (Lipinski definition) is 2. The van der Waals surface area contributed by atoms with Crippen molar-refractivity contribution in [2.45, 2.75) is 6.42 Å². The lowest BCUT2D eigenvalue weighted by Crippen LogP contribution is -2.27. The lowest BCUT2D eigenvalue weighted by molar-refractivity contribution is 0.0947. The van der Waals surface area contributed by atoms with Crippen LogP contribution in [0.15, 0.2) is 36.5 Å². The van der Waals surface area contributed by atoms with Gasteiger partial charge in [0.1, 0.15) is 5.69 Å². The number of carbonyl (C=O) groups excluding carboxylic acids is 1. The Bertz CT molecular complexity index is 689. The van der Waals surface area contributed by atoms with E-state index in [2.05, 4.69) is 20.5 Å². The Kier molecular flexibility index (Phi) is 6.85. The molecule has 1 aromatic heterocycles. The number of carbonyl (C=O) groups is 1. The summed E-state index contributed by atoms with van der Waals surface area (Å²) < 4.78 is 0. The minimum absolute atomic E-state index is 0.180. The monoisotopic (exact) mass is 366 g/mol. The van der Waals surface area contributed by atoms with Gasteiger partial charge in [-0.1, -0.05) is 23.2 Å². The first-order valence-electron chi connectivity index (χ1n) is 7.57. The Balaban J connectivity index is 1.92. The molecule has 7 heteroatoms. The summed E-state index contributed by atoms with van der Waals surface area (Å²) in [6, 6.07) is 8.61. The van der Waals surface area contributed by atoms with E-state index in [0.29, 0.717) is 28.0 Å². The highest BCUT2D eigenvalue weighted by Crippen LogP contribution is 2.28. The molecular weight excluding hydrogens is 347 g/mol. The Morgan fingerprint density at radius 2 is 2.00 bits per heavy atom. The van der Waals surface area contributed by atoms with E-state index in [9.17, 15) is 4.79 Å². The lowest BCUT2D eigenvalue weighted by Gasteiger charge is -2.10. The molecule has 0 saturated heterocycles. The van der Waals surface area contributed by atoms with Gasteiger partial charge in [0.2, 0.25) is 0 Å². The largest absolute Gasteiger partial charge is 0.353 e. The number of nitrogens with one attached hydrogen (secondary N) is 2. The van der Waals surface area contributed by atoms with E-state index in [1.165, 1.54) is 0 Å². The van der Waals surface area contributed by atoms with E-state index in [-0.39, 0.29) is 5.91 Å². The molecule has 0 aliphatic heterocycles. The molecule has 1 amide bonds. The van der Waals surface area contributed by atoms with Crippen molar-refractivity contribution in [1.82, 2.24) is 15.2 Å². The van der Waals surface area contributed by atoms with Gasteiger partial charge >= 0.3 is 0 Å². The first kappa shape index (κ1) is 18.5. The highest BCUT2D eigenvalue weighted by molar-refractivity contribution is 6.35. The van der Waals surface area contributed by atoms with Crippen LogP contribution in [0.3, 0.4) is 0 Å². The van der Waals surface area contributed by atoms with Crippen molar-refractivity contribution in [2.75, 3.05) is 32.5 Å². The summed E-state index contributed by atoms with van der Waals surface area (Å²) in [6.07, 6.45) is 2.48. The van der Waals surface area contributed by atoms with Crippen LogP contribution in [-0.4, -0.2) is 43.0 Å². The van der Waals surface area contributed by atoms with Crippen molar-refractivity contribution in [1.29, 1.82) is 0 Å². The van der Waals surface area contributed by atoms with Gasteiger partial charge in [0.15, 0.2) is 0 Å². The number of amides is 1. The van der Waals surface area contributed by atoms with Crippen LogP contribution in [-0.2, 0) is 0 Å². The number of halogens is 2. The van der Waals surface area contributed by atoms with E-state index >= 15 is 0 Å². The van der Waals surface area contributed by atoms with Gasteiger partial charge in [-0.2, -0.15) is 0 Å². The number of anilines is 2. The third-order valence-electron chi connectivity index (χ3n) is 3.27. The molecule has 0 saturated carbocycles. The fourth-order valence-corrected chi connectivity index (χ4v) is 2.38. The number of aromatic nitrogens is 1. The molecule has 24 heavy (non-hydrogen) atoms. The van der Waals surface area contributed by atoms with E-state index < -0.39 is 0 Å². The Morgan fingerprint density at radius 3 is 2.67 bits per heavy atom. The molecule has 1 aromatic carbocycles. The van der Waals surface area contributed by atoms with Crippen molar-refractivity contribution >= 4 is 40.5 Å². The van der Waals surface area contributed by atoms with Gasteiger partial charge in [-0.05, 0) is 57.4 Å². The van der Waals surface area contributed by atoms with Crippen LogP contribution in [0.2, 0.25) is 10.0 Å². The van der Waals surface area contributed by atoms with E-state index in [4.69, 9.17) is 23.2 Å². The molecule has 2 N–H and O–H groups in total. The average Bonchev–Trinajstić information content (AvgIpc) is 2.55. The first-order valence-corrected chi connectivity index (χ1v) is 8.32. The molecule has 0 unspecified atom stereocenters. The second-order valence-electron chi connectivity index (χ2n) is 5.59. The maximum atomic E-state index is 12.0. The molecular formula is C17H20Cl2N4O. The standard InChI is InChI=1S/C17H20Cl2N4O/c1-23(2)9-3-8-20-17(24)15-7-5-13(11-21-15)22-16-10-12(18)4-6-14(16)19/h4-7,10-11,22H,3,8-9H2,1-2H3,(H,20,24). The molecule has 0 aliphatic carbocycles. The topological polar surface area (TPSA) is 57.3 Å². The van der Waals surface area contributed by atoms with Gasteiger partial charge in [-0.3, -0.25) is 4.79 Å². The predicted octanol–water partition coefficient (Wildman–Crippen LogP) is 3.81. The Labute approximate surface area is 152 Å². The minimum Gasteiger partial charge on any atom is -0.353 e. The smallest absolute Gasteiger partial charge is 0.269 e. The van der Waals surface area contributed by atoms with E-state index in [0.717, 1.165) is 18.7 Å². The van der Waals surface area contributed by atoms with Gasteiger partial charge < -0.3 is 15.5 Å². The Hall–Kier alpha value is -1.82. The van der Waals surface area contributed by atoms with Crippen molar-refractivity contribution < 1.29 is 4.79 Å². The summed E-state index contributed by atoms with van der Waals surface area (Å²) in [5.74, 6) is -0.180. The molecule has 0 fully saturated rings. The summed E-state index contributed by atoms with van der Waals surface area (Å²) >= 11 is 12.1. The number of pyridine rings is 1. The second kappa shape index (κ2) is 8.87. The maximum Gasteiger partial charge on any atom is 0.269 e. The fraction of sp³-hybridized carbons (Fsp3) is 0.294. The number of benzene rings is 1. The van der Waals surface area contributed by atoms with Gasteiger partial charge in [-0.25, -0.2) is 4.98 Å². The van der Waals surface area contributed by atoms with Crippen LogP contribution < -0.4 is 10.6 Å². The maximum absolute atomic E-state index is 12.0. The van der Waals surface area contributed by atoms with Gasteiger partial charge in [0.25, 0.3) is 5.91 Å². The van der Waals surface area contributed by atoms with E-state index in [1.54, 1.807) is 36.5 Å². The van der Waals surface area contributed by atoms with Crippen LogP contribution in [0.1, 0.15) is 16.9 Å². The third-order valence-corrected chi connectivity index (χ3v) is 3.84. The second-order valence-corrected chi connectivity index (χ2v) is 6.44. The average molecular weight is 367 g/mol. The quantitative estimate of drug-likeness (QED) is 0.731. The molecule has 0 aliphatic rings. The van der Waals surface area contributed by atoms with Gasteiger partial charge in [0.05, 0.1) is 22.6 Å².